The number of nitrogens with one attached hydrogen (secondary N) is 2. The quantitative estimate of drug-likeness (QED) is 0.873. The van der Waals surface area contributed by atoms with Gasteiger partial charge in [0.25, 0.3) is 0 Å². The summed E-state index contributed by atoms with van der Waals surface area (Å²) in [5, 5.41) is 15.5. The number of anilines is 1. The lowest BCUT2D eigenvalue weighted by molar-refractivity contribution is 0.216. The zero-order valence-electron chi connectivity index (χ0n) is 12.2. The van der Waals surface area contributed by atoms with Crippen molar-refractivity contribution in [2.45, 2.75) is 44.6 Å². The average molecular weight is 306 g/mol. The molecule has 1 aromatic carbocycles. The van der Waals surface area contributed by atoms with E-state index in [2.05, 4.69) is 23.6 Å². The van der Waals surface area contributed by atoms with Crippen molar-refractivity contribution in [1.29, 1.82) is 5.26 Å². The van der Waals surface area contributed by atoms with E-state index >= 15 is 0 Å². The van der Waals surface area contributed by atoms with E-state index < -0.39 is 5.54 Å². The third-order valence-electron chi connectivity index (χ3n) is 4.22. The van der Waals surface area contributed by atoms with Gasteiger partial charge in [-0.05, 0) is 43.7 Å². The summed E-state index contributed by atoms with van der Waals surface area (Å²) < 4.78 is 0. The first-order valence-corrected chi connectivity index (χ1v) is 7.71. The number of nitriles is 1. The minimum Gasteiger partial charge on any atom is -0.319 e. The minimum atomic E-state index is -0.753. The fourth-order valence-electron chi connectivity index (χ4n) is 2.78. The number of rotatable bonds is 3. The van der Waals surface area contributed by atoms with Crippen molar-refractivity contribution in [1.82, 2.24) is 5.32 Å². The van der Waals surface area contributed by atoms with Crippen LogP contribution in [0.5, 0.6) is 0 Å². The van der Waals surface area contributed by atoms with Crippen LogP contribution >= 0.6 is 11.6 Å². The van der Waals surface area contributed by atoms with E-state index in [4.69, 9.17) is 11.6 Å². The van der Waals surface area contributed by atoms with Crippen molar-refractivity contribution in [3.63, 3.8) is 0 Å². The highest BCUT2D eigenvalue weighted by Crippen LogP contribution is 2.33. The van der Waals surface area contributed by atoms with Gasteiger partial charge in [0.05, 0.1) is 16.8 Å². The molecule has 0 bridgehead atoms. The first-order chi connectivity index (χ1) is 10.1. The van der Waals surface area contributed by atoms with Gasteiger partial charge < -0.3 is 10.6 Å². The van der Waals surface area contributed by atoms with E-state index in [0.717, 1.165) is 19.3 Å². The van der Waals surface area contributed by atoms with E-state index in [9.17, 15) is 10.1 Å². The Hall–Kier alpha value is -1.73. The van der Waals surface area contributed by atoms with Crippen LogP contribution in [0.25, 0.3) is 0 Å². The fourth-order valence-corrected chi connectivity index (χ4v) is 2.96. The van der Waals surface area contributed by atoms with Crippen LogP contribution < -0.4 is 10.6 Å². The highest BCUT2D eigenvalue weighted by Gasteiger charge is 2.36. The second kappa shape index (κ2) is 6.82. The highest BCUT2D eigenvalue weighted by molar-refractivity contribution is 6.33. The number of urea groups is 1. The number of hydrogen-bond acceptors (Lipinski definition) is 2. The van der Waals surface area contributed by atoms with Crippen LogP contribution in [-0.4, -0.2) is 11.6 Å². The molecular weight excluding hydrogens is 286 g/mol. The second-order valence-electron chi connectivity index (χ2n) is 5.60. The van der Waals surface area contributed by atoms with Crippen LogP contribution in [0.1, 0.15) is 39.0 Å². The van der Waals surface area contributed by atoms with Gasteiger partial charge in [-0.25, -0.2) is 4.79 Å². The van der Waals surface area contributed by atoms with Crippen LogP contribution in [0, 0.1) is 17.2 Å². The number of halogens is 1. The smallest absolute Gasteiger partial charge is 0.319 e. The Morgan fingerprint density at radius 1 is 1.43 bits per heavy atom. The van der Waals surface area contributed by atoms with Gasteiger partial charge in [-0.3, -0.25) is 0 Å². The van der Waals surface area contributed by atoms with Crippen LogP contribution in [0.4, 0.5) is 10.5 Å². The normalized spacial score (nSPS) is 24.9. The Morgan fingerprint density at radius 3 is 2.67 bits per heavy atom. The fraction of sp³-hybridized carbons (Fsp3) is 0.500. The summed E-state index contributed by atoms with van der Waals surface area (Å²) in [5.41, 5.74) is -0.205. The monoisotopic (exact) mass is 305 g/mol. The van der Waals surface area contributed by atoms with Crippen molar-refractivity contribution in [3.8, 4) is 6.07 Å². The zero-order chi connectivity index (χ0) is 15.3. The van der Waals surface area contributed by atoms with Crippen LogP contribution in [0.15, 0.2) is 24.3 Å². The minimum absolute atomic E-state index is 0.375. The van der Waals surface area contributed by atoms with Crippen molar-refractivity contribution in [3.05, 3.63) is 29.3 Å². The summed E-state index contributed by atoms with van der Waals surface area (Å²) in [4.78, 5) is 12.1. The van der Waals surface area contributed by atoms with Crippen LogP contribution in [0.3, 0.4) is 0 Å². The van der Waals surface area contributed by atoms with Gasteiger partial charge in [0.1, 0.15) is 5.54 Å². The zero-order valence-corrected chi connectivity index (χ0v) is 12.9. The number of para-hydroxylation sites is 1. The average Bonchev–Trinajstić information content (AvgIpc) is 2.50. The van der Waals surface area contributed by atoms with Gasteiger partial charge in [0, 0.05) is 0 Å². The summed E-state index contributed by atoms with van der Waals surface area (Å²) in [6.45, 7) is 2.17. The van der Waals surface area contributed by atoms with Crippen molar-refractivity contribution in [2.75, 3.05) is 5.32 Å². The molecule has 21 heavy (non-hydrogen) atoms. The molecule has 0 aromatic heterocycles. The Bertz CT molecular complexity index is 545. The van der Waals surface area contributed by atoms with Gasteiger partial charge in [0.2, 0.25) is 0 Å². The Labute approximate surface area is 130 Å². The lowest BCUT2D eigenvalue weighted by Gasteiger charge is -2.35. The molecule has 2 N–H and O–H groups in total. The molecule has 0 aliphatic heterocycles. The lowest BCUT2D eigenvalue weighted by Crippen LogP contribution is -2.51. The number of benzene rings is 1. The molecule has 112 valence electrons. The molecule has 5 heteroatoms. The molecule has 2 amide bonds. The maximum atomic E-state index is 12.1. The van der Waals surface area contributed by atoms with Crippen LogP contribution in [-0.2, 0) is 0 Å². The Balaban J connectivity index is 1.98. The first-order valence-electron chi connectivity index (χ1n) is 7.33. The van der Waals surface area contributed by atoms with E-state index in [1.807, 2.05) is 0 Å². The molecule has 0 radical (unpaired) electrons. The van der Waals surface area contributed by atoms with Crippen LogP contribution in [0.2, 0.25) is 5.02 Å². The summed E-state index contributed by atoms with van der Waals surface area (Å²) in [6, 6.07) is 8.96. The molecule has 0 unspecified atom stereocenters. The van der Waals surface area contributed by atoms with Gasteiger partial charge in [-0.2, -0.15) is 5.26 Å². The van der Waals surface area contributed by atoms with Crippen molar-refractivity contribution >= 4 is 23.3 Å². The van der Waals surface area contributed by atoms with Gasteiger partial charge in [-0.1, -0.05) is 37.1 Å². The van der Waals surface area contributed by atoms with E-state index in [1.165, 1.54) is 0 Å². The number of amides is 2. The van der Waals surface area contributed by atoms with E-state index in [0.29, 0.717) is 29.5 Å². The summed E-state index contributed by atoms with van der Waals surface area (Å²) in [5.74, 6) is 0.667. The third-order valence-corrected chi connectivity index (χ3v) is 4.55. The molecule has 1 fully saturated rings. The summed E-state index contributed by atoms with van der Waals surface area (Å²) >= 11 is 6.01. The SMILES string of the molecule is CCC1CCC(C#N)(NC(=O)Nc2ccccc2Cl)CC1. The molecule has 1 aliphatic rings. The summed E-state index contributed by atoms with van der Waals surface area (Å²) in [7, 11) is 0. The maximum absolute atomic E-state index is 12.1. The number of carbonyl (C=O) groups excluding carboxylic acids is 1. The number of nitrogens with zero attached hydrogens (tertiary/aromatic N) is 1. The Kier molecular flexibility index (Phi) is 5.08. The second-order valence-corrected chi connectivity index (χ2v) is 6.01. The van der Waals surface area contributed by atoms with Gasteiger partial charge in [0.15, 0.2) is 0 Å². The van der Waals surface area contributed by atoms with Gasteiger partial charge in [-0.15, -0.1) is 0 Å². The van der Waals surface area contributed by atoms with Crippen molar-refractivity contribution < 1.29 is 4.79 Å². The Morgan fingerprint density at radius 2 is 2.10 bits per heavy atom. The standard InChI is InChI=1S/C16H20ClN3O/c1-2-12-7-9-16(11-18,10-8-12)20-15(21)19-14-6-4-3-5-13(14)17/h3-6,12H,2,7-10H2,1H3,(H2,19,20,21). The molecule has 0 atom stereocenters. The maximum Gasteiger partial charge on any atom is 0.320 e. The predicted molar refractivity (Wildman–Crippen MR) is 84.2 cm³/mol. The van der Waals surface area contributed by atoms with Crippen molar-refractivity contribution in [2.24, 2.45) is 5.92 Å². The van der Waals surface area contributed by atoms with E-state index in [1.54, 1.807) is 24.3 Å². The molecule has 0 saturated heterocycles. The van der Waals surface area contributed by atoms with E-state index in [-0.39, 0.29) is 6.03 Å². The predicted octanol–water partition coefficient (Wildman–Crippen LogP) is 4.32. The topological polar surface area (TPSA) is 64.9 Å². The molecule has 4 nitrogen and oxygen atoms in total. The molecule has 1 aromatic rings. The summed E-state index contributed by atoms with van der Waals surface area (Å²) in [6.07, 6.45) is 4.51. The molecular formula is C16H20ClN3O. The molecule has 1 aliphatic carbocycles. The number of carbonyl (C=O) groups is 1. The first kappa shape index (κ1) is 15.7. The molecule has 2 rings (SSSR count). The third kappa shape index (κ3) is 3.89. The number of hydrogen-bond donors (Lipinski definition) is 2. The highest BCUT2D eigenvalue weighted by atomic mass is 35.5. The lowest BCUT2D eigenvalue weighted by atomic mass is 9.76. The molecule has 1 saturated carbocycles. The largest absolute Gasteiger partial charge is 0.320 e. The van der Waals surface area contributed by atoms with Gasteiger partial charge >= 0.3 is 6.03 Å². The molecule has 0 heterocycles. The molecule has 0 spiro atoms.